The Morgan fingerprint density at radius 3 is 2.48 bits per heavy atom. The number of ether oxygens (including phenoxy) is 1. The van der Waals surface area contributed by atoms with Crippen LogP contribution in [0.4, 0.5) is 0 Å². The average molecular weight is 289 g/mol. The third kappa shape index (κ3) is 3.28. The Morgan fingerprint density at radius 2 is 1.95 bits per heavy atom. The van der Waals surface area contributed by atoms with E-state index in [2.05, 4.69) is 0 Å². The maximum Gasteiger partial charge on any atom is 0.506 e. The fourth-order valence-corrected chi connectivity index (χ4v) is 2.34. The van der Waals surface area contributed by atoms with E-state index in [9.17, 15) is 14.8 Å². The van der Waals surface area contributed by atoms with Crippen molar-refractivity contribution in [2.45, 2.75) is 27.2 Å². The van der Waals surface area contributed by atoms with Crippen molar-refractivity contribution < 1.29 is 19.6 Å². The number of aromatic nitrogens is 1. The van der Waals surface area contributed by atoms with E-state index < -0.39 is 7.12 Å². The number of benzene rings is 1. The van der Waals surface area contributed by atoms with E-state index >= 15 is 0 Å². The summed E-state index contributed by atoms with van der Waals surface area (Å²) in [4.78, 5) is 12.5. The second-order valence-electron chi connectivity index (χ2n) is 6.33. The van der Waals surface area contributed by atoms with Crippen molar-refractivity contribution in [2.24, 2.45) is 5.41 Å². The van der Waals surface area contributed by atoms with Crippen molar-refractivity contribution in [1.82, 2.24) is 4.57 Å². The molecular weight excluding hydrogens is 269 g/mol. The van der Waals surface area contributed by atoms with Gasteiger partial charge in [-0.25, -0.2) is 0 Å². The minimum atomic E-state index is -1.70. The molecule has 0 aliphatic heterocycles. The molecule has 2 aromatic rings. The number of carbonyl (C=O) groups excluding carboxylic acids is 1. The molecule has 6 heteroatoms. The minimum Gasteiger partial charge on any atom is -0.497 e. The van der Waals surface area contributed by atoms with Gasteiger partial charge in [0.2, 0.25) is 5.91 Å². The van der Waals surface area contributed by atoms with Crippen molar-refractivity contribution >= 4 is 29.5 Å². The smallest absolute Gasteiger partial charge is 0.497 e. The molecule has 1 aromatic carbocycles. The van der Waals surface area contributed by atoms with Crippen molar-refractivity contribution in [1.29, 1.82) is 0 Å². The first kappa shape index (κ1) is 15.6. The zero-order valence-corrected chi connectivity index (χ0v) is 12.8. The van der Waals surface area contributed by atoms with Gasteiger partial charge >= 0.3 is 7.12 Å². The highest BCUT2D eigenvalue weighted by Crippen LogP contribution is 2.24. The van der Waals surface area contributed by atoms with E-state index in [0.29, 0.717) is 17.7 Å². The molecule has 0 spiro atoms. The van der Waals surface area contributed by atoms with Crippen molar-refractivity contribution in [2.75, 3.05) is 7.11 Å². The number of hydrogen-bond acceptors (Lipinski definition) is 4. The highest BCUT2D eigenvalue weighted by molar-refractivity contribution is 6.59. The highest BCUT2D eigenvalue weighted by atomic mass is 16.5. The third-order valence-corrected chi connectivity index (χ3v) is 3.23. The number of nitrogens with zero attached hydrogens (tertiary/aromatic N) is 1. The summed E-state index contributed by atoms with van der Waals surface area (Å²) in [5.41, 5.74) is 0.637. The molecule has 1 heterocycles. The molecule has 0 fully saturated rings. The lowest BCUT2D eigenvalue weighted by atomic mass is 9.85. The molecule has 112 valence electrons. The van der Waals surface area contributed by atoms with Crippen LogP contribution in [0.2, 0.25) is 0 Å². The van der Waals surface area contributed by atoms with Gasteiger partial charge < -0.3 is 14.8 Å². The summed E-state index contributed by atoms with van der Waals surface area (Å²) in [7, 11) is -0.141. The van der Waals surface area contributed by atoms with Crippen LogP contribution in [0.15, 0.2) is 24.3 Å². The summed E-state index contributed by atoms with van der Waals surface area (Å²) >= 11 is 0. The molecule has 0 saturated carbocycles. The van der Waals surface area contributed by atoms with Gasteiger partial charge in [-0.3, -0.25) is 9.36 Å². The van der Waals surface area contributed by atoms with E-state index in [-0.39, 0.29) is 16.9 Å². The van der Waals surface area contributed by atoms with Gasteiger partial charge in [0.25, 0.3) is 0 Å². The molecule has 2 rings (SSSR count). The normalized spacial score (nSPS) is 11.7. The Morgan fingerprint density at radius 1 is 1.29 bits per heavy atom. The minimum absolute atomic E-state index is 0.161. The molecule has 0 unspecified atom stereocenters. The van der Waals surface area contributed by atoms with Crippen molar-refractivity contribution in [3.05, 3.63) is 24.3 Å². The molecule has 0 amide bonds. The van der Waals surface area contributed by atoms with Gasteiger partial charge in [0, 0.05) is 11.8 Å². The quantitative estimate of drug-likeness (QED) is 0.838. The Hall–Kier alpha value is -1.79. The Kier molecular flexibility index (Phi) is 4.12. The van der Waals surface area contributed by atoms with Gasteiger partial charge in [-0.05, 0) is 29.7 Å². The van der Waals surface area contributed by atoms with E-state index in [1.165, 1.54) is 4.57 Å². The second kappa shape index (κ2) is 5.54. The van der Waals surface area contributed by atoms with Crippen LogP contribution in [0.3, 0.4) is 0 Å². The molecule has 21 heavy (non-hydrogen) atoms. The fourth-order valence-electron chi connectivity index (χ4n) is 2.34. The van der Waals surface area contributed by atoms with E-state index in [1.54, 1.807) is 31.4 Å². The summed E-state index contributed by atoms with van der Waals surface area (Å²) in [6.07, 6.45) is 0.308. The second-order valence-corrected chi connectivity index (χ2v) is 6.33. The zero-order chi connectivity index (χ0) is 15.8. The molecule has 0 bridgehead atoms. The monoisotopic (exact) mass is 289 g/mol. The topological polar surface area (TPSA) is 71.7 Å². The first-order valence-electron chi connectivity index (χ1n) is 6.81. The lowest BCUT2D eigenvalue weighted by molar-refractivity contribution is 0.0864. The highest BCUT2D eigenvalue weighted by Gasteiger charge is 2.26. The van der Waals surface area contributed by atoms with E-state index in [4.69, 9.17) is 4.74 Å². The van der Waals surface area contributed by atoms with E-state index in [0.717, 1.165) is 5.39 Å². The maximum atomic E-state index is 12.5. The van der Waals surface area contributed by atoms with E-state index in [1.807, 2.05) is 20.8 Å². The summed E-state index contributed by atoms with van der Waals surface area (Å²) in [5, 5.41) is 19.8. The standard InChI is InChI=1S/C15H20BNO4/c1-15(2,3)9-14(18)17-12-6-5-11(21-4)7-10(12)8-13(17)16(19)20/h5-8,19-20H,9H2,1-4H3. The van der Waals surface area contributed by atoms with Crippen LogP contribution in [0.1, 0.15) is 32.0 Å². The predicted octanol–water partition coefficient (Wildman–Crippen LogP) is 1.41. The number of methoxy groups -OCH3 is 1. The van der Waals surface area contributed by atoms with Crippen molar-refractivity contribution in [3.8, 4) is 5.75 Å². The van der Waals surface area contributed by atoms with Gasteiger partial charge in [-0.15, -0.1) is 0 Å². The number of fused-ring (bicyclic) bond motifs is 1. The Bertz CT molecular complexity index is 670. The maximum absolute atomic E-state index is 12.5. The molecule has 0 aliphatic carbocycles. The van der Waals surface area contributed by atoms with Gasteiger partial charge in [0.1, 0.15) is 5.75 Å². The average Bonchev–Trinajstić information content (AvgIpc) is 2.74. The lowest BCUT2D eigenvalue weighted by Crippen LogP contribution is -2.39. The number of hydrogen-bond donors (Lipinski definition) is 2. The molecule has 0 saturated heterocycles. The van der Waals surface area contributed by atoms with Crippen LogP contribution in [-0.4, -0.2) is 34.8 Å². The van der Waals surface area contributed by atoms with Crippen LogP contribution in [-0.2, 0) is 0 Å². The van der Waals surface area contributed by atoms with Crippen LogP contribution in [0.25, 0.3) is 10.9 Å². The van der Waals surface area contributed by atoms with Gasteiger partial charge in [0.15, 0.2) is 0 Å². The predicted molar refractivity (Wildman–Crippen MR) is 83.0 cm³/mol. The summed E-state index contributed by atoms with van der Waals surface area (Å²) in [6.45, 7) is 5.90. The lowest BCUT2D eigenvalue weighted by Gasteiger charge is -2.18. The fraction of sp³-hybridized carbons (Fsp3) is 0.400. The molecule has 0 aliphatic rings. The summed E-state index contributed by atoms with van der Waals surface area (Å²) < 4.78 is 6.53. The first-order valence-corrected chi connectivity index (χ1v) is 6.81. The Balaban J connectivity index is 2.59. The summed E-state index contributed by atoms with van der Waals surface area (Å²) in [5.74, 6) is 0.493. The van der Waals surface area contributed by atoms with Crippen LogP contribution in [0.5, 0.6) is 5.75 Å². The molecular formula is C15H20BNO4. The number of rotatable bonds is 3. The van der Waals surface area contributed by atoms with Crippen LogP contribution in [0, 0.1) is 5.41 Å². The number of carbonyl (C=O) groups is 1. The largest absolute Gasteiger partial charge is 0.506 e. The van der Waals surface area contributed by atoms with Crippen LogP contribution >= 0.6 is 0 Å². The van der Waals surface area contributed by atoms with Gasteiger partial charge in [0.05, 0.1) is 18.2 Å². The zero-order valence-electron chi connectivity index (χ0n) is 12.8. The molecule has 2 N–H and O–H groups in total. The SMILES string of the molecule is COc1ccc2c(c1)cc(B(O)O)n2C(=O)CC(C)(C)C. The summed E-state index contributed by atoms with van der Waals surface area (Å²) in [6, 6.07) is 6.86. The van der Waals surface area contributed by atoms with Gasteiger partial charge in [-0.2, -0.15) is 0 Å². The first-order chi connectivity index (χ1) is 9.73. The molecule has 5 nitrogen and oxygen atoms in total. The van der Waals surface area contributed by atoms with Gasteiger partial charge in [-0.1, -0.05) is 20.8 Å². The molecule has 0 atom stereocenters. The molecule has 0 radical (unpaired) electrons. The molecule has 1 aromatic heterocycles. The van der Waals surface area contributed by atoms with Crippen LogP contribution < -0.4 is 10.3 Å². The third-order valence-electron chi connectivity index (χ3n) is 3.23. The Labute approximate surface area is 124 Å². The van der Waals surface area contributed by atoms with Crippen molar-refractivity contribution in [3.63, 3.8) is 0 Å².